The van der Waals surface area contributed by atoms with Gasteiger partial charge in [-0.15, -0.1) is 0 Å². The molecule has 1 aromatic carbocycles. The average molecular weight is 509 g/mol. The highest BCUT2D eigenvalue weighted by Gasteiger charge is 2.39. The Morgan fingerprint density at radius 1 is 1.20 bits per heavy atom. The van der Waals surface area contributed by atoms with Gasteiger partial charge in [0.05, 0.1) is 34.1 Å². The van der Waals surface area contributed by atoms with Crippen LogP contribution in [0.2, 0.25) is 0 Å². The van der Waals surface area contributed by atoms with Gasteiger partial charge in [-0.05, 0) is 44.2 Å². The second-order valence-electron chi connectivity index (χ2n) is 8.23. The van der Waals surface area contributed by atoms with Crippen molar-refractivity contribution in [3.63, 3.8) is 0 Å². The van der Waals surface area contributed by atoms with Gasteiger partial charge in [-0.25, -0.2) is 13.1 Å². The van der Waals surface area contributed by atoms with E-state index in [1.165, 1.54) is 11.8 Å². The second kappa shape index (κ2) is 8.99. The van der Waals surface area contributed by atoms with Gasteiger partial charge in [-0.3, -0.25) is 9.78 Å². The molecule has 0 spiro atoms. The first-order valence-electron chi connectivity index (χ1n) is 10.8. The van der Waals surface area contributed by atoms with E-state index >= 15 is 0 Å². The van der Waals surface area contributed by atoms with Crippen LogP contribution < -0.4 is 4.74 Å². The van der Waals surface area contributed by atoms with Crippen LogP contribution in [0.5, 0.6) is 5.75 Å². The van der Waals surface area contributed by atoms with Gasteiger partial charge in [0.25, 0.3) is 5.91 Å². The third kappa shape index (κ3) is 5.02. The van der Waals surface area contributed by atoms with Gasteiger partial charge < -0.3 is 9.64 Å². The van der Waals surface area contributed by atoms with E-state index in [1.54, 1.807) is 23.1 Å². The molecule has 8 nitrogen and oxygen atoms in total. The lowest BCUT2D eigenvalue weighted by molar-refractivity contribution is -0.189. The minimum Gasteiger partial charge on any atom is -0.480 e. The summed E-state index contributed by atoms with van der Waals surface area (Å²) in [6.07, 6.45) is -3.41. The van der Waals surface area contributed by atoms with E-state index in [-0.39, 0.29) is 35.1 Å². The molecule has 0 saturated carbocycles. The van der Waals surface area contributed by atoms with E-state index in [9.17, 15) is 26.4 Å². The van der Waals surface area contributed by atoms with Crippen LogP contribution in [0, 0.1) is 6.92 Å². The van der Waals surface area contributed by atoms with Gasteiger partial charge in [0, 0.05) is 30.2 Å². The minimum atomic E-state index is -4.66. The highest BCUT2D eigenvalue weighted by Crippen LogP contribution is 2.32. The number of ether oxygens (including phenoxy) is 1. The van der Waals surface area contributed by atoms with Crippen LogP contribution in [0.15, 0.2) is 47.6 Å². The third-order valence-corrected chi connectivity index (χ3v) is 7.43. The Balaban J connectivity index is 1.63. The number of aromatic nitrogens is 3. The second-order valence-corrected chi connectivity index (χ2v) is 10.5. The number of fused-ring (bicyclic) bond motifs is 1. The molecule has 1 aliphatic rings. The summed E-state index contributed by atoms with van der Waals surface area (Å²) in [7, 11) is -3.70. The molecule has 3 heterocycles. The molecule has 0 fully saturated rings. The minimum absolute atomic E-state index is 0.115. The average Bonchev–Trinajstić information content (AvgIpc) is 3.38. The summed E-state index contributed by atoms with van der Waals surface area (Å²) in [5, 5.41) is 4.52. The number of benzene rings is 1. The number of amides is 1. The lowest BCUT2D eigenvalue weighted by atomic mass is 10.1. The summed E-state index contributed by atoms with van der Waals surface area (Å²) < 4.78 is 70.7. The predicted molar refractivity (Wildman–Crippen MR) is 120 cm³/mol. The molecular weight excluding hydrogens is 485 g/mol. The summed E-state index contributed by atoms with van der Waals surface area (Å²) in [6.45, 7) is 4.39. The molecule has 0 bridgehead atoms. The van der Waals surface area contributed by atoms with E-state index < -0.39 is 28.0 Å². The first-order valence-corrected chi connectivity index (χ1v) is 12.4. The SMILES string of the molecule is CCS(=O)(=O)c1ccc(OC(C)C(F)(F)F)c(C(=O)N2Cc3cn(-c4ccnc(C)c4)nc3C2)c1. The van der Waals surface area contributed by atoms with Gasteiger partial charge in [-0.2, -0.15) is 18.3 Å². The number of alkyl halides is 3. The monoisotopic (exact) mass is 508 g/mol. The Morgan fingerprint density at radius 2 is 1.94 bits per heavy atom. The van der Waals surface area contributed by atoms with Gasteiger partial charge in [0.2, 0.25) is 0 Å². The number of sulfone groups is 1. The van der Waals surface area contributed by atoms with Gasteiger partial charge in [-0.1, -0.05) is 6.92 Å². The summed E-state index contributed by atoms with van der Waals surface area (Å²) in [6, 6.07) is 6.97. The molecule has 2 aromatic heterocycles. The van der Waals surface area contributed by atoms with E-state index in [1.807, 2.05) is 13.0 Å². The Kier molecular flexibility index (Phi) is 6.34. The molecule has 0 saturated heterocycles. The summed E-state index contributed by atoms with van der Waals surface area (Å²) in [5.41, 5.74) is 2.78. The van der Waals surface area contributed by atoms with Crippen molar-refractivity contribution in [3.05, 3.63) is 65.2 Å². The van der Waals surface area contributed by atoms with Crippen molar-refractivity contribution in [2.75, 3.05) is 5.75 Å². The highest BCUT2D eigenvalue weighted by atomic mass is 32.2. The van der Waals surface area contributed by atoms with Crippen molar-refractivity contribution in [2.24, 2.45) is 0 Å². The number of hydrogen-bond acceptors (Lipinski definition) is 6. The zero-order chi connectivity index (χ0) is 25.5. The van der Waals surface area contributed by atoms with Crippen LogP contribution >= 0.6 is 0 Å². The molecule has 0 radical (unpaired) electrons. The Labute approximate surface area is 200 Å². The molecule has 1 unspecified atom stereocenters. The van der Waals surface area contributed by atoms with Crippen molar-refractivity contribution in [3.8, 4) is 11.4 Å². The van der Waals surface area contributed by atoms with Crippen LogP contribution in [-0.4, -0.2) is 52.0 Å². The topological polar surface area (TPSA) is 94.4 Å². The number of carbonyl (C=O) groups excluding carboxylic acids is 1. The Hall–Kier alpha value is -3.41. The molecule has 35 heavy (non-hydrogen) atoms. The number of halogens is 3. The Morgan fingerprint density at radius 3 is 2.57 bits per heavy atom. The number of carbonyl (C=O) groups is 1. The molecular formula is C23H23F3N4O4S. The van der Waals surface area contributed by atoms with Crippen LogP contribution in [0.4, 0.5) is 13.2 Å². The van der Waals surface area contributed by atoms with Gasteiger partial charge in [0.1, 0.15) is 5.75 Å². The number of hydrogen-bond donors (Lipinski definition) is 0. The molecule has 1 amide bonds. The quantitative estimate of drug-likeness (QED) is 0.502. The lowest BCUT2D eigenvalue weighted by Gasteiger charge is -2.22. The van der Waals surface area contributed by atoms with Crippen molar-refractivity contribution < 1.29 is 31.1 Å². The van der Waals surface area contributed by atoms with E-state index in [2.05, 4.69) is 10.1 Å². The van der Waals surface area contributed by atoms with Crippen LogP contribution in [0.25, 0.3) is 5.69 Å². The molecule has 3 aromatic rings. The molecule has 1 atom stereocenters. The van der Waals surface area contributed by atoms with Crippen molar-refractivity contribution in [1.29, 1.82) is 0 Å². The number of rotatable bonds is 6. The fourth-order valence-corrected chi connectivity index (χ4v) is 4.57. The van der Waals surface area contributed by atoms with Crippen molar-refractivity contribution >= 4 is 15.7 Å². The molecule has 4 rings (SSSR count). The van der Waals surface area contributed by atoms with E-state index in [0.717, 1.165) is 42.1 Å². The zero-order valence-corrected chi connectivity index (χ0v) is 20.0. The Bertz CT molecular complexity index is 1360. The maximum absolute atomic E-state index is 13.4. The first kappa shape index (κ1) is 24.7. The van der Waals surface area contributed by atoms with Crippen molar-refractivity contribution in [1.82, 2.24) is 19.7 Å². The lowest BCUT2D eigenvalue weighted by Crippen LogP contribution is -2.33. The third-order valence-electron chi connectivity index (χ3n) is 5.70. The number of nitrogens with zero attached hydrogens (tertiary/aromatic N) is 4. The van der Waals surface area contributed by atoms with Crippen LogP contribution in [0.1, 0.15) is 41.2 Å². The number of pyridine rings is 1. The van der Waals surface area contributed by atoms with Crippen molar-refractivity contribution in [2.45, 2.75) is 51.0 Å². The number of aryl methyl sites for hydroxylation is 1. The smallest absolute Gasteiger partial charge is 0.425 e. The van der Waals surface area contributed by atoms with E-state index in [0.29, 0.717) is 5.69 Å². The normalized spacial score (nSPS) is 14.6. The molecule has 186 valence electrons. The molecule has 12 heteroatoms. The summed E-state index contributed by atoms with van der Waals surface area (Å²) in [4.78, 5) is 18.7. The fourth-order valence-electron chi connectivity index (χ4n) is 3.67. The maximum Gasteiger partial charge on any atom is 0.425 e. The largest absolute Gasteiger partial charge is 0.480 e. The summed E-state index contributed by atoms with van der Waals surface area (Å²) in [5.74, 6) is -1.21. The van der Waals surface area contributed by atoms with Crippen LogP contribution in [0.3, 0.4) is 0 Å². The standard InChI is InChI=1S/C23H23F3N4O4S/c1-4-35(32,33)18-5-6-21(34-15(3)23(24,25)26)19(10-18)22(31)29-11-16-12-30(28-20(16)13-29)17-7-8-27-14(2)9-17/h5-10,12,15H,4,11,13H2,1-3H3. The zero-order valence-electron chi connectivity index (χ0n) is 19.2. The molecule has 0 aliphatic carbocycles. The molecule has 0 N–H and O–H groups in total. The van der Waals surface area contributed by atoms with Gasteiger partial charge in [0.15, 0.2) is 15.9 Å². The van der Waals surface area contributed by atoms with Gasteiger partial charge >= 0.3 is 6.18 Å². The van der Waals surface area contributed by atoms with Crippen LogP contribution in [-0.2, 0) is 22.9 Å². The highest BCUT2D eigenvalue weighted by molar-refractivity contribution is 7.91. The first-order chi connectivity index (χ1) is 16.4. The summed E-state index contributed by atoms with van der Waals surface area (Å²) >= 11 is 0. The molecule has 1 aliphatic heterocycles. The van der Waals surface area contributed by atoms with E-state index in [4.69, 9.17) is 4.74 Å². The maximum atomic E-state index is 13.4. The fraction of sp³-hybridized carbons (Fsp3) is 0.348. The predicted octanol–water partition coefficient (Wildman–Crippen LogP) is 3.85.